The second kappa shape index (κ2) is 9.05. The molecule has 1 heterocycles. The van der Waals surface area contributed by atoms with Crippen LogP contribution < -0.4 is 5.43 Å². The van der Waals surface area contributed by atoms with Crippen molar-refractivity contribution in [1.29, 1.82) is 0 Å². The zero-order valence-electron chi connectivity index (χ0n) is 18.0. The average Bonchev–Trinajstić information content (AvgIpc) is 2.85. The number of carbonyl (C=O) groups excluding carboxylic acids is 1. The summed E-state index contributed by atoms with van der Waals surface area (Å²) in [4.78, 5) is 25.1. The summed E-state index contributed by atoms with van der Waals surface area (Å²) in [5.41, 5.74) is -1.61. The molecule has 1 atom stereocenters. The maximum atomic E-state index is 14.1. The fraction of sp³-hybridized carbons (Fsp3) is 0.120. The predicted molar refractivity (Wildman–Crippen MR) is 118 cm³/mol. The first-order valence-electron chi connectivity index (χ1n) is 10.1. The Hall–Kier alpha value is -4.47. The van der Waals surface area contributed by atoms with Crippen LogP contribution in [0, 0.1) is 17.5 Å². The van der Waals surface area contributed by atoms with Gasteiger partial charge < -0.3 is 24.5 Å². The quantitative estimate of drug-likeness (QED) is 0.213. The van der Waals surface area contributed by atoms with Gasteiger partial charge in [-0.1, -0.05) is 30.3 Å². The summed E-state index contributed by atoms with van der Waals surface area (Å²) in [6.07, 6.45) is -0.660. The Morgan fingerprint density at radius 2 is 1.60 bits per heavy atom. The summed E-state index contributed by atoms with van der Waals surface area (Å²) in [6, 6.07) is 10.5. The van der Waals surface area contributed by atoms with Crippen molar-refractivity contribution < 1.29 is 42.4 Å². The van der Waals surface area contributed by atoms with E-state index >= 15 is 0 Å². The van der Waals surface area contributed by atoms with Crippen LogP contribution in [-0.2, 0) is 9.53 Å². The zero-order chi connectivity index (χ0) is 25.4. The van der Waals surface area contributed by atoms with Gasteiger partial charge in [-0.05, 0) is 17.7 Å². The molecule has 4 aromatic rings. The fourth-order valence-corrected chi connectivity index (χ4v) is 3.85. The van der Waals surface area contributed by atoms with Crippen LogP contribution in [0.2, 0.25) is 0 Å². The monoisotopic (exact) mass is 486 g/mol. The molecular weight excluding hydrogens is 469 g/mol. The van der Waals surface area contributed by atoms with Crippen LogP contribution >= 0.6 is 0 Å². The summed E-state index contributed by atoms with van der Waals surface area (Å²) in [6.45, 7) is 0. The number of halogens is 3. The minimum absolute atomic E-state index is 0.00197. The van der Waals surface area contributed by atoms with E-state index in [0.717, 1.165) is 13.2 Å². The maximum Gasteiger partial charge on any atom is 0.306 e. The van der Waals surface area contributed by atoms with Gasteiger partial charge >= 0.3 is 5.97 Å². The Morgan fingerprint density at radius 1 is 0.971 bits per heavy atom. The van der Waals surface area contributed by atoms with E-state index in [2.05, 4.69) is 4.74 Å². The van der Waals surface area contributed by atoms with Gasteiger partial charge in [0.25, 0.3) is 0 Å². The van der Waals surface area contributed by atoms with Gasteiger partial charge in [-0.15, -0.1) is 0 Å². The third-order valence-corrected chi connectivity index (χ3v) is 5.55. The summed E-state index contributed by atoms with van der Waals surface area (Å²) in [5, 5.41) is 30.9. The Balaban J connectivity index is 2.11. The molecule has 4 rings (SSSR count). The molecule has 1 aromatic heterocycles. The molecular formula is C25H17F3O7. The number of rotatable bonds is 5. The Labute approximate surface area is 195 Å². The van der Waals surface area contributed by atoms with Crippen molar-refractivity contribution in [1.82, 2.24) is 0 Å². The Morgan fingerprint density at radius 3 is 2.20 bits per heavy atom. The highest BCUT2D eigenvalue weighted by Gasteiger charge is 2.32. The molecule has 3 aromatic carbocycles. The van der Waals surface area contributed by atoms with E-state index in [1.54, 1.807) is 30.3 Å². The van der Waals surface area contributed by atoms with Crippen molar-refractivity contribution >= 4 is 16.9 Å². The molecule has 0 bridgehead atoms. The van der Waals surface area contributed by atoms with Crippen molar-refractivity contribution in [2.45, 2.75) is 12.3 Å². The van der Waals surface area contributed by atoms with Gasteiger partial charge in [0, 0.05) is 23.1 Å². The van der Waals surface area contributed by atoms with E-state index in [1.807, 2.05) is 0 Å². The topological polar surface area (TPSA) is 117 Å². The number of ether oxygens (including phenoxy) is 1. The molecule has 180 valence electrons. The smallest absolute Gasteiger partial charge is 0.306 e. The minimum Gasteiger partial charge on any atom is -0.504 e. The lowest BCUT2D eigenvalue weighted by Crippen LogP contribution is -2.13. The lowest BCUT2D eigenvalue weighted by molar-refractivity contribution is -0.140. The molecule has 0 amide bonds. The van der Waals surface area contributed by atoms with Gasteiger partial charge in [0.15, 0.2) is 34.4 Å². The van der Waals surface area contributed by atoms with E-state index in [9.17, 15) is 38.1 Å². The number of fused-ring (bicyclic) bond motifs is 1. The molecule has 0 fully saturated rings. The number of hydrogen-bond acceptors (Lipinski definition) is 7. The molecule has 3 N–H and O–H groups in total. The van der Waals surface area contributed by atoms with Crippen LogP contribution in [0.3, 0.4) is 0 Å². The molecule has 0 saturated carbocycles. The maximum absolute atomic E-state index is 14.1. The molecule has 0 aliphatic rings. The van der Waals surface area contributed by atoms with Crippen LogP contribution in [0.25, 0.3) is 22.3 Å². The van der Waals surface area contributed by atoms with E-state index in [4.69, 9.17) is 4.42 Å². The molecule has 0 aliphatic carbocycles. The number of methoxy groups -OCH3 is 1. The van der Waals surface area contributed by atoms with E-state index in [-0.39, 0.29) is 11.3 Å². The number of esters is 1. The first kappa shape index (κ1) is 23.7. The minimum atomic E-state index is -1.76. The molecule has 35 heavy (non-hydrogen) atoms. The highest BCUT2D eigenvalue weighted by Crippen LogP contribution is 2.49. The van der Waals surface area contributed by atoms with Crippen molar-refractivity contribution in [2.24, 2.45) is 0 Å². The summed E-state index contributed by atoms with van der Waals surface area (Å²) < 4.78 is 52.3. The summed E-state index contributed by atoms with van der Waals surface area (Å²) in [5.74, 6) is -10.4. The van der Waals surface area contributed by atoms with Crippen LogP contribution in [0.4, 0.5) is 13.2 Å². The van der Waals surface area contributed by atoms with Gasteiger partial charge in [-0.25, -0.2) is 13.2 Å². The lowest BCUT2D eigenvalue weighted by atomic mass is 9.86. The highest BCUT2D eigenvalue weighted by atomic mass is 19.2. The number of phenolic OH excluding ortho intramolecular Hbond substituents is 3. The first-order chi connectivity index (χ1) is 16.6. The third kappa shape index (κ3) is 4.14. The molecule has 1 unspecified atom stereocenters. The van der Waals surface area contributed by atoms with Crippen molar-refractivity contribution in [2.75, 3.05) is 7.11 Å². The summed E-state index contributed by atoms with van der Waals surface area (Å²) >= 11 is 0. The van der Waals surface area contributed by atoms with Gasteiger partial charge in [0.2, 0.25) is 5.75 Å². The number of benzene rings is 3. The van der Waals surface area contributed by atoms with Gasteiger partial charge in [-0.3, -0.25) is 9.59 Å². The Bertz CT molecular complexity index is 1490. The molecule has 0 aliphatic heterocycles. The third-order valence-electron chi connectivity index (χ3n) is 5.55. The Kier molecular flexibility index (Phi) is 6.12. The lowest BCUT2D eigenvalue weighted by Gasteiger charge is -2.21. The van der Waals surface area contributed by atoms with Crippen molar-refractivity contribution in [3.63, 3.8) is 0 Å². The van der Waals surface area contributed by atoms with Gasteiger partial charge in [-0.2, -0.15) is 0 Å². The second-order valence-electron chi connectivity index (χ2n) is 7.64. The number of aromatic hydroxyl groups is 3. The molecule has 10 heteroatoms. The number of hydrogen-bond donors (Lipinski definition) is 3. The number of carbonyl (C=O) groups is 1. The van der Waals surface area contributed by atoms with E-state index < -0.39 is 75.0 Å². The highest BCUT2D eigenvalue weighted by molar-refractivity contribution is 5.93. The molecule has 0 spiro atoms. The SMILES string of the molecule is COC(=O)CC(c1cc(F)c(F)c(F)c1)c1c(O)c(O)c(O)c2c(=O)cc(-c3ccccc3)oc12. The van der Waals surface area contributed by atoms with E-state index in [1.165, 1.54) is 0 Å². The van der Waals surface area contributed by atoms with Gasteiger partial charge in [0.1, 0.15) is 16.7 Å². The molecule has 0 radical (unpaired) electrons. The molecule has 0 saturated heterocycles. The van der Waals surface area contributed by atoms with E-state index in [0.29, 0.717) is 17.7 Å². The van der Waals surface area contributed by atoms with Crippen LogP contribution in [0.1, 0.15) is 23.5 Å². The van der Waals surface area contributed by atoms with Gasteiger partial charge in [0.05, 0.1) is 13.5 Å². The van der Waals surface area contributed by atoms with Crippen molar-refractivity contribution in [3.8, 4) is 28.6 Å². The standard InChI is InChI=1S/C25H17F3O7/c1-34-18(30)9-13(12-7-14(26)21(28)15(27)8-12)19-22(31)24(33)23(32)20-16(29)10-17(35-25(19)20)11-5-3-2-4-6-11/h2-8,10,13,31-33H,9H2,1H3. The number of phenols is 3. The molecule has 7 nitrogen and oxygen atoms in total. The summed E-state index contributed by atoms with van der Waals surface area (Å²) in [7, 11) is 1.05. The normalized spacial score (nSPS) is 12.0. The zero-order valence-corrected chi connectivity index (χ0v) is 18.0. The van der Waals surface area contributed by atoms with Crippen LogP contribution in [0.15, 0.2) is 57.7 Å². The predicted octanol–water partition coefficient (Wildman–Crippen LogP) is 4.69. The van der Waals surface area contributed by atoms with Crippen LogP contribution in [0.5, 0.6) is 17.2 Å². The largest absolute Gasteiger partial charge is 0.504 e. The average molecular weight is 486 g/mol. The first-order valence-corrected chi connectivity index (χ1v) is 10.1. The fourth-order valence-electron chi connectivity index (χ4n) is 3.85. The van der Waals surface area contributed by atoms with Crippen molar-refractivity contribution in [3.05, 3.63) is 87.3 Å². The second-order valence-corrected chi connectivity index (χ2v) is 7.64. The van der Waals surface area contributed by atoms with Crippen LogP contribution in [-0.4, -0.2) is 28.4 Å².